The Morgan fingerprint density at radius 3 is 2.12 bits per heavy atom. The second kappa shape index (κ2) is 8.59. The molecule has 0 bridgehead atoms. The number of halogens is 2. The molecule has 5 nitrogen and oxygen atoms in total. The number of carbonyl (C=O) groups excluding carboxylic acids is 2. The summed E-state index contributed by atoms with van der Waals surface area (Å²) in [6.07, 6.45) is 0. The van der Waals surface area contributed by atoms with E-state index >= 15 is 0 Å². The fourth-order valence-electron chi connectivity index (χ4n) is 1.95. The molecule has 25 heavy (non-hydrogen) atoms. The van der Waals surface area contributed by atoms with Crippen LogP contribution in [0.25, 0.3) is 0 Å². The number of nitrogens with one attached hydrogen (secondary N) is 1. The molecule has 0 fully saturated rings. The van der Waals surface area contributed by atoms with Gasteiger partial charge in [-0.15, -0.1) is 0 Å². The van der Waals surface area contributed by atoms with Gasteiger partial charge in [-0.05, 0) is 48.5 Å². The summed E-state index contributed by atoms with van der Waals surface area (Å²) < 4.78 is 24.6. The Morgan fingerprint density at radius 2 is 1.60 bits per heavy atom. The molecule has 8 heteroatoms. The lowest BCUT2D eigenvalue weighted by Gasteiger charge is -2.13. The van der Waals surface area contributed by atoms with Crippen LogP contribution in [0.4, 0.5) is 14.5 Å². The second-order valence-corrected chi connectivity index (χ2v) is 5.98. The maximum Gasteiger partial charge on any atom is 0.288 e. The number of anilines is 1. The first-order valence-electron chi connectivity index (χ1n) is 7.19. The molecule has 0 unspecified atom stereocenters. The minimum Gasteiger partial charge on any atom is -0.322 e. The SMILES string of the molecule is CON(C)C(=O)c1ccc(NC(=O)c2ccc(SC(F)F)cc2)cc1. The van der Waals surface area contributed by atoms with Crippen LogP contribution in [-0.2, 0) is 4.84 Å². The van der Waals surface area contributed by atoms with Gasteiger partial charge in [-0.1, -0.05) is 11.8 Å². The predicted octanol–water partition coefficient (Wildman–Crippen LogP) is 3.89. The Hall–Kier alpha value is -2.45. The van der Waals surface area contributed by atoms with Crippen LogP contribution in [-0.4, -0.2) is 36.8 Å². The standard InChI is InChI=1S/C17H16F2N2O3S/c1-21(24-2)16(23)12-3-7-13(8-4-12)20-15(22)11-5-9-14(10-6-11)25-17(18)19/h3-10,17H,1-2H3,(H,20,22). The van der Waals surface area contributed by atoms with E-state index in [9.17, 15) is 18.4 Å². The number of benzene rings is 2. The van der Waals surface area contributed by atoms with E-state index in [4.69, 9.17) is 4.84 Å². The lowest BCUT2D eigenvalue weighted by Crippen LogP contribution is -2.25. The molecule has 0 atom stereocenters. The summed E-state index contributed by atoms with van der Waals surface area (Å²) in [6.45, 7) is 0. The van der Waals surface area contributed by atoms with Gasteiger partial charge in [0.2, 0.25) is 0 Å². The van der Waals surface area contributed by atoms with Gasteiger partial charge in [-0.2, -0.15) is 8.78 Å². The van der Waals surface area contributed by atoms with Crippen molar-refractivity contribution in [1.82, 2.24) is 5.06 Å². The maximum absolute atomic E-state index is 12.3. The van der Waals surface area contributed by atoms with Crippen molar-refractivity contribution >= 4 is 29.3 Å². The molecule has 0 heterocycles. The second-order valence-electron chi connectivity index (χ2n) is 4.92. The van der Waals surface area contributed by atoms with Crippen molar-refractivity contribution in [1.29, 1.82) is 0 Å². The Labute approximate surface area is 147 Å². The van der Waals surface area contributed by atoms with Crippen LogP contribution in [0.15, 0.2) is 53.4 Å². The normalized spacial score (nSPS) is 10.6. The zero-order chi connectivity index (χ0) is 18.4. The van der Waals surface area contributed by atoms with E-state index in [1.807, 2.05) is 0 Å². The summed E-state index contributed by atoms with van der Waals surface area (Å²) in [7, 11) is 2.88. The molecular formula is C17H16F2N2O3S. The van der Waals surface area contributed by atoms with E-state index in [-0.39, 0.29) is 11.8 Å². The third kappa shape index (κ3) is 5.27. The van der Waals surface area contributed by atoms with Crippen molar-refractivity contribution < 1.29 is 23.2 Å². The number of thioether (sulfide) groups is 1. The molecule has 0 aromatic heterocycles. The van der Waals surface area contributed by atoms with Crippen molar-refractivity contribution in [2.24, 2.45) is 0 Å². The number of hydroxylamine groups is 2. The summed E-state index contributed by atoms with van der Waals surface area (Å²) in [4.78, 5) is 29.3. The summed E-state index contributed by atoms with van der Waals surface area (Å²) in [6, 6.07) is 12.2. The van der Waals surface area contributed by atoms with Crippen molar-refractivity contribution in [3.63, 3.8) is 0 Å². The summed E-state index contributed by atoms with van der Waals surface area (Å²) in [5.74, 6) is -3.19. The van der Waals surface area contributed by atoms with Gasteiger partial charge >= 0.3 is 0 Å². The molecule has 0 saturated heterocycles. The van der Waals surface area contributed by atoms with E-state index in [0.29, 0.717) is 33.5 Å². The highest BCUT2D eigenvalue weighted by molar-refractivity contribution is 7.99. The fraction of sp³-hybridized carbons (Fsp3) is 0.176. The van der Waals surface area contributed by atoms with Gasteiger partial charge in [0.25, 0.3) is 17.6 Å². The molecule has 0 aliphatic carbocycles. The van der Waals surface area contributed by atoms with Gasteiger partial charge in [0.05, 0.1) is 7.11 Å². The number of amides is 2. The molecule has 2 rings (SSSR count). The number of carbonyl (C=O) groups is 2. The lowest BCUT2D eigenvalue weighted by atomic mass is 10.1. The van der Waals surface area contributed by atoms with Crippen LogP contribution >= 0.6 is 11.8 Å². The average Bonchev–Trinajstić information content (AvgIpc) is 2.61. The summed E-state index contributed by atoms with van der Waals surface area (Å²) >= 11 is 0.420. The smallest absolute Gasteiger partial charge is 0.288 e. The van der Waals surface area contributed by atoms with Crippen molar-refractivity contribution in [2.75, 3.05) is 19.5 Å². The highest BCUT2D eigenvalue weighted by Gasteiger charge is 2.12. The van der Waals surface area contributed by atoms with Crippen molar-refractivity contribution in [2.45, 2.75) is 10.7 Å². The Kier molecular flexibility index (Phi) is 6.49. The van der Waals surface area contributed by atoms with Crippen LogP contribution in [0, 0.1) is 0 Å². The quantitative estimate of drug-likeness (QED) is 0.623. The van der Waals surface area contributed by atoms with Gasteiger partial charge in [-0.3, -0.25) is 14.4 Å². The Morgan fingerprint density at radius 1 is 1.04 bits per heavy atom. The molecule has 0 spiro atoms. The van der Waals surface area contributed by atoms with E-state index in [1.54, 1.807) is 24.3 Å². The van der Waals surface area contributed by atoms with Gasteiger partial charge in [0.1, 0.15) is 0 Å². The molecule has 0 aliphatic heterocycles. The first-order valence-corrected chi connectivity index (χ1v) is 8.07. The molecule has 0 aliphatic rings. The van der Waals surface area contributed by atoms with E-state index in [2.05, 4.69) is 5.32 Å². The third-order valence-corrected chi connectivity index (χ3v) is 4.01. The predicted molar refractivity (Wildman–Crippen MR) is 91.8 cm³/mol. The van der Waals surface area contributed by atoms with Crippen LogP contribution in [0.5, 0.6) is 0 Å². The molecule has 2 aromatic rings. The number of hydrogen-bond donors (Lipinski definition) is 1. The number of alkyl halides is 2. The summed E-state index contributed by atoms with van der Waals surface area (Å²) in [5, 5.41) is 3.77. The first-order chi connectivity index (χ1) is 11.9. The van der Waals surface area contributed by atoms with Crippen molar-refractivity contribution in [3.8, 4) is 0 Å². The minimum absolute atomic E-state index is 0.313. The Bertz CT molecular complexity index is 737. The van der Waals surface area contributed by atoms with E-state index in [1.165, 1.54) is 38.4 Å². The molecule has 1 N–H and O–H groups in total. The Balaban J connectivity index is 2.01. The average molecular weight is 366 g/mol. The number of hydrogen-bond acceptors (Lipinski definition) is 4. The number of nitrogens with zero attached hydrogens (tertiary/aromatic N) is 1. The number of rotatable bonds is 6. The minimum atomic E-state index is -2.50. The topological polar surface area (TPSA) is 58.6 Å². The zero-order valence-electron chi connectivity index (χ0n) is 13.5. The largest absolute Gasteiger partial charge is 0.322 e. The fourth-order valence-corrected chi connectivity index (χ4v) is 2.45. The third-order valence-electron chi connectivity index (χ3n) is 3.29. The van der Waals surface area contributed by atoms with Gasteiger partial charge in [0, 0.05) is 28.8 Å². The highest BCUT2D eigenvalue weighted by atomic mass is 32.2. The molecule has 132 valence electrons. The monoisotopic (exact) mass is 366 g/mol. The zero-order valence-corrected chi connectivity index (χ0v) is 14.3. The lowest BCUT2D eigenvalue weighted by molar-refractivity contribution is -0.0756. The van der Waals surface area contributed by atoms with Gasteiger partial charge < -0.3 is 5.32 Å². The summed E-state index contributed by atoms with van der Waals surface area (Å²) in [5.41, 5.74) is 1.27. The van der Waals surface area contributed by atoms with Gasteiger partial charge in [0.15, 0.2) is 0 Å². The first kappa shape index (κ1) is 18.9. The van der Waals surface area contributed by atoms with Crippen LogP contribution in [0.2, 0.25) is 0 Å². The van der Waals surface area contributed by atoms with Gasteiger partial charge in [-0.25, -0.2) is 5.06 Å². The molecule has 0 radical (unpaired) electrons. The molecule has 2 aromatic carbocycles. The van der Waals surface area contributed by atoms with Crippen LogP contribution < -0.4 is 5.32 Å². The van der Waals surface area contributed by atoms with Crippen molar-refractivity contribution in [3.05, 3.63) is 59.7 Å². The van der Waals surface area contributed by atoms with Crippen LogP contribution in [0.1, 0.15) is 20.7 Å². The van der Waals surface area contributed by atoms with E-state index < -0.39 is 5.76 Å². The molecule has 2 amide bonds. The maximum atomic E-state index is 12.3. The van der Waals surface area contributed by atoms with Crippen LogP contribution in [0.3, 0.4) is 0 Å². The molecule has 0 saturated carbocycles. The highest BCUT2D eigenvalue weighted by Crippen LogP contribution is 2.25. The molecular weight excluding hydrogens is 350 g/mol. The van der Waals surface area contributed by atoms with E-state index in [0.717, 1.165) is 5.06 Å².